The Balaban J connectivity index is 1.48. The van der Waals surface area contributed by atoms with E-state index in [1.165, 1.54) is 19.5 Å². The van der Waals surface area contributed by atoms with Crippen LogP contribution in [-0.4, -0.2) is 64.1 Å². The van der Waals surface area contributed by atoms with Crippen LogP contribution < -0.4 is 15.4 Å². The number of ether oxygens (including phenoxy) is 2. The van der Waals surface area contributed by atoms with Crippen LogP contribution in [0.25, 0.3) is 5.69 Å². The summed E-state index contributed by atoms with van der Waals surface area (Å²) in [4.78, 5) is 40.6. The van der Waals surface area contributed by atoms with Crippen LogP contribution in [0.3, 0.4) is 0 Å². The molecule has 0 bridgehead atoms. The lowest BCUT2D eigenvalue weighted by Gasteiger charge is -2.10. The van der Waals surface area contributed by atoms with E-state index in [0.717, 1.165) is 12.8 Å². The molecule has 11 heteroatoms. The number of carbonyl (C=O) groups excluding carboxylic acids is 3. The Morgan fingerprint density at radius 3 is 2.56 bits per heavy atom. The monoisotopic (exact) mass is 492 g/mol. The molecule has 3 aromatic rings. The molecule has 1 fully saturated rings. The van der Waals surface area contributed by atoms with Gasteiger partial charge in [0, 0.05) is 24.3 Å². The molecule has 0 unspecified atom stereocenters. The summed E-state index contributed by atoms with van der Waals surface area (Å²) in [6.45, 7) is 2.72. The molecule has 1 aliphatic rings. The standard InChI is InChI=1S/C25H28N6O5/c1-3-27-23(32)16-6-10-19(11-7-16)31-21(22(29-30-31)24(33)28-18-8-9-18)5-4-12-36-20-13-17(14-26-15-20)25(34)35-2/h6-7,10-11,13-15,18H,3-5,8-9,12H2,1-2H3,(H,27,32)(H,28,33). The van der Waals surface area contributed by atoms with Gasteiger partial charge in [0.15, 0.2) is 5.69 Å². The molecule has 11 nitrogen and oxygen atoms in total. The maximum Gasteiger partial charge on any atom is 0.339 e. The number of hydrogen-bond acceptors (Lipinski definition) is 8. The normalized spacial score (nSPS) is 12.6. The number of nitrogens with zero attached hydrogens (tertiary/aromatic N) is 4. The molecule has 0 spiro atoms. The molecule has 1 aromatic carbocycles. The van der Waals surface area contributed by atoms with E-state index in [9.17, 15) is 14.4 Å². The van der Waals surface area contributed by atoms with Crippen molar-refractivity contribution in [1.82, 2.24) is 30.6 Å². The highest BCUT2D eigenvalue weighted by Gasteiger charge is 2.27. The molecule has 2 heterocycles. The van der Waals surface area contributed by atoms with Crippen molar-refractivity contribution in [3.63, 3.8) is 0 Å². The van der Waals surface area contributed by atoms with E-state index in [1.807, 2.05) is 6.92 Å². The van der Waals surface area contributed by atoms with Gasteiger partial charge in [0.25, 0.3) is 11.8 Å². The molecule has 2 amide bonds. The van der Waals surface area contributed by atoms with E-state index in [1.54, 1.807) is 35.0 Å². The number of amides is 2. The summed E-state index contributed by atoms with van der Waals surface area (Å²) in [5, 5.41) is 14.1. The molecule has 0 atom stereocenters. The lowest BCUT2D eigenvalue weighted by molar-refractivity contribution is 0.0599. The maximum atomic E-state index is 12.8. The van der Waals surface area contributed by atoms with E-state index in [0.29, 0.717) is 54.3 Å². The van der Waals surface area contributed by atoms with Crippen LogP contribution in [0, 0.1) is 0 Å². The van der Waals surface area contributed by atoms with Crippen LogP contribution in [0.2, 0.25) is 0 Å². The number of carbonyl (C=O) groups is 3. The van der Waals surface area contributed by atoms with Gasteiger partial charge >= 0.3 is 5.97 Å². The second-order valence-corrected chi connectivity index (χ2v) is 8.30. The Labute approximate surface area is 208 Å². The summed E-state index contributed by atoms with van der Waals surface area (Å²) < 4.78 is 12.1. The highest BCUT2D eigenvalue weighted by atomic mass is 16.5. The van der Waals surface area contributed by atoms with Gasteiger partial charge < -0.3 is 20.1 Å². The third-order valence-corrected chi connectivity index (χ3v) is 5.56. The SMILES string of the molecule is CCNC(=O)c1ccc(-n2nnc(C(=O)NC3CC3)c2CCCOc2cncc(C(=O)OC)c2)cc1. The summed E-state index contributed by atoms with van der Waals surface area (Å²) in [5.74, 6) is -0.464. The highest BCUT2D eigenvalue weighted by molar-refractivity contribution is 5.95. The topological polar surface area (TPSA) is 137 Å². The van der Waals surface area contributed by atoms with Crippen molar-refractivity contribution in [3.05, 3.63) is 65.2 Å². The van der Waals surface area contributed by atoms with Crippen LogP contribution >= 0.6 is 0 Å². The Bertz CT molecular complexity index is 1240. The zero-order valence-electron chi connectivity index (χ0n) is 20.2. The predicted octanol–water partition coefficient (Wildman–Crippen LogP) is 2.10. The van der Waals surface area contributed by atoms with Crippen molar-refractivity contribution in [2.75, 3.05) is 20.3 Å². The molecule has 1 saturated carbocycles. The van der Waals surface area contributed by atoms with Crippen LogP contribution in [0.4, 0.5) is 0 Å². The molecule has 2 aromatic heterocycles. The Morgan fingerprint density at radius 2 is 1.86 bits per heavy atom. The number of methoxy groups -OCH3 is 1. The second-order valence-electron chi connectivity index (χ2n) is 8.30. The van der Waals surface area contributed by atoms with Gasteiger partial charge in [-0.05, 0) is 62.9 Å². The first kappa shape index (κ1) is 24.8. The van der Waals surface area contributed by atoms with Crippen LogP contribution in [0.5, 0.6) is 5.75 Å². The van der Waals surface area contributed by atoms with Gasteiger partial charge in [-0.2, -0.15) is 0 Å². The van der Waals surface area contributed by atoms with Crippen molar-refractivity contribution in [2.45, 2.75) is 38.6 Å². The largest absolute Gasteiger partial charge is 0.492 e. The van der Waals surface area contributed by atoms with Crippen molar-refractivity contribution < 1.29 is 23.9 Å². The van der Waals surface area contributed by atoms with Gasteiger partial charge in [0.1, 0.15) is 5.75 Å². The van der Waals surface area contributed by atoms with Crippen LogP contribution in [0.1, 0.15) is 63.1 Å². The number of aromatic nitrogens is 4. The second kappa shape index (κ2) is 11.4. The van der Waals surface area contributed by atoms with E-state index in [-0.39, 0.29) is 23.6 Å². The van der Waals surface area contributed by atoms with Crippen LogP contribution in [-0.2, 0) is 11.2 Å². The molecule has 188 valence electrons. The quantitative estimate of drug-likeness (QED) is 0.307. The van der Waals surface area contributed by atoms with Crippen molar-refractivity contribution in [1.29, 1.82) is 0 Å². The molecule has 0 saturated heterocycles. The average Bonchev–Trinajstić information content (AvgIpc) is 3.61. The number of benzene rings is 1. The number of hydrogen-bond donors (Lipinski definition) is 2. The summed E-state index contributed by atoms with van der Waals surface area (Å²) >= 11 is 0. The Morgan fingerprint density at radius 1 is 1.08 bits per heavy atom. The Hall–Kier alpha value is -4.28. The lowest BCUT2D eigenvalue weighted by Crippen LogP contribution is -2.27. The molecule has 36 heavy (non-hydrogen) atoms. The van der Waals surface area contributed by atoms with E-state index >= 15 is 0 Å². The third-order valence-electron chi connectivity index (χ3n) is 5.56. The number of esters is 1. The smallest absolute Gasteiger partial charge is 0.339 e. The molecule has 2 N–H and O–H groups in total. The first-order valence-electron chi connectivity index (χ1n) is 11.8. The highest BCUT2D eigenvalue weighted by Crippen LogP contribution is 2.21. The molecule has 0 aliphatic heterocycles. The maximum absolute atomic E-state index is 12.8. The van der Waals surface area contributed by atoms with Gasteiger partial charge in [-0.1, -0.05) is 5.21 Å². The summed E-state index contributed by atoms with van der Waals surface area (Å²) in [5.41, 5.74) is 2.43. The molecule has 4 rings (SSSR count). The summed E-state index contributed by atoms with van der Waals surface area (Å²) in [6, 6.07) is 8.71. The van der Waals surface area contributed by atoms with E-state index < -0.39 is 5.97 Å². The first-order chi connectivity index (χ1) is 17.5. The van der Waals surface area contributed by atoms with Gasteiger partial charge in [-0.15, -0.1) is 5.10 Å². The van der Waals surface area contributed by atoms with E-state index in [2.05, 4.69) is 25.9 Å². The zero-order chi connectivity index (χ0) is 25.5. The van der Waals surface area contributed by atoms with Gasteiger partial charge in [-0.3, -0.25) is 14.6 Å². The van der Waals surface area contributed by atoms with Gasteiger partial charge in [0.2, 0.25) is 0 Å². The molecule has 0 radical (unpaired) electrons. The first-order valence-corrected chi connectivity index (χ1v) is 11.8. The van der Waals surface area contributed by atoms with Crippen molar-refractivity contribution in [3.8, 4) is 11.4 Å². The number of pyridine rings is 1. The molecular formula is C25H28N6O5. The average molecular weight is 493 g/mol. The van der Waals surface area contributed by atoms with Gasteiger partial charge in [0.05, 0.1) is 36.9 Å². The van der Waals surface area contributed by atoms with Gasteiger partial charge in [-0.25, -0.2) is 9.48 Å². The van der Waals surface area contributed by atoms with Crippen LogP contribution in [0.15, 0.2) is 42.7 Å². The minimum atomic E-state index is -0.493. The van der Waals surface area contributed by atoms with Crippen molar-refractivity contribution in [2.24, 2.45) is 0 Å². The predicted molar refractivity (Wildman–Crippen MR) is 129 cm³/mol. The molecular weight excluding hydrogens is 464 g/mol. The summed E-state index contributed by atoms with van der Waals surface area (Å²) in [7, 11) is 1.30. The third kappa shape index (κ3) is 6.04. The zero-order valence-corrected chi connectivity index (χ0v) is 20.2. The fraction of sp³-hybridized carbons (Fsp3) is 0.360. The molecule has 1 aliphatic carbocycles. The van der Waals surface area contributed by atoms with E-state index in [4.69, 9.17) is 9.47 Å². The lowest BCUT2D eigenvalue weighted by atomic mass is 10.1. The number of nitrogens with one attached hydrogen (secondary N) is 2. The number of rotatable bonds is 11. The van der Waals surface area contributed by atoms with Crippen molar-refractivity contribution >= 4 is 17.8 Å². The minimum absolute atomic E-state index is 0.157. The summed E-state index contributed by atoms with van der Waals surface area (Å²) in [6.07, 6.45) is 5.86. The fourth-order valence-electron chi connectivity index (χ4n) is 3.56. The Kier molecular flexibility index (Phi) is 7.89. The minimum Gasteiger partial charge on any atom is -0.492 e. The fourth-order valence-corrected chi connectivity index (χ4v) is 3.56.